The van der Waals surface area contributed by atoms with Gasteiger partial charge in [-0.1, -0.05) is 6.58 Å². The van der Waals surface area contributed by atoms with Crippen molar-refractivity contribution in [1.82, 2.24) is 10.3 Å². The van der Waals surface area contributed by atoms with Gasteiger partial charge in [0.15, 0.2) is 11.6 Å². The summed E-state index contributed by atoms with van der Waals surface area (Å²) >= 11 is 0. The summed E-state index contributed by atoms with van der Waals surface area (Å²) < 4.78 is 41.7. The van der Waals surface area contributed by atoms with Crippen LogP contribution in [-0.4, -0.2) is 54.9 Å². The highest BCUT2D eigenvalue weighted by Crippen LogP contribution is 2.32. The average Bonchev–Trinajstić information content (AvgIpc) is 3.28. The maximum atomic E-state index is 14.8. The van der Waals surface area contributed by atoms with Crippen molar-refractivity contribution in [3.05, 3.63) is 54.4 Å². The Morgan fingerprint density at radius 3 is 2.46 bits per heavy atom. The summed E-state index contributed by atoms with van der Waals surface area (Å²) in [5.41, 5.74) is 6.72. The van der Waals surface area contributed by atoms with Crippen molar-refractivity contribution in [2.24, 2.45) is 5.73 Å². The molecule has 11 heteroatoms. The number of halogens is 3. The van der Waals surface area contributed by atoms with Crippen molar-refractivity contribution < 1.29 is 22.8 Å². The molecule has 35 heavy (non-hydrogen) atoms. The summed E-state index contributed by atoms with van der Waals surface area (Å²) in [5.74, 6) is -4.33. The average molecular weight is 489 g/mol. The first-order valence-electron chi connectivity index (χ1n) is 11.3. The van der Waals surface area contributed by atoms with Gasteiger partial charge in [-0.25, -0.2) is 18.2 Å². The number of piperidine rings is 1. The number of primary amides is 1. The predicted octanol–water partition coefficient (Wildman–Crippen LogP) is 3.18. The number of pyridine rings is 1. The second kappa shape index (κ2) is 9.85. The maximum absolute atomic E-state index is 14.8. The molecule has 8 nitrogen and oxygen atoms in total. The molecule has 3 heterocycles. The molecule has 1 unspecified atom stereocenters. The van der Waals surface area contributed by atoms with Crippen molar-refractivity contribution in [2.75, 3.05) is 41.3 Å². The van der Waals surface area contributed by atoms with E-state index >= 15 is 0 Å². The van der Waals surface area contributed by atoms with Crippen molar-refractivity contribution in [3.8, 4) is 0 Å². The van der Waals surface area contributed by atoms with Gasteiger partial charge >= 0.3 is 0 Å². The molecule has 0 saturated carbocycles. The number of anilines is 4. The number of rotatable bonds is 7. The molecule has 2 aliphatic rings. The molecule has 2 aromatic rings. The second-order valence-corrected chi connectivity index (χ2v) is 8.71. The zero-order valence-corrected chi connectivity index (χ0v) is 19.1. The number of carbonyl (C=O) groups excluding carboxylic acids is 2. The van der Waals surface area contributed by atoms with Crippen LogP contribution in [0.15, 0.2) is 43.0 Å². The number of nitrogens with zero attached hydrogens (tertiary/aromatic N) is 3. The molecule has 1 aromatic carbocycles. The monoisotopic (exact) mass is 488 g/mol. The van der Waals surface area contributed by atoms with E-state index in [9.17, 15) is 22.8 Å². The van der Waals surface area contributed by atoms with E-state index in [4.69, 9.17) is 5.73 Å². The standard InChI is InChI=1S/C24H27F3N6O2/c1-2-20(34)29-16-7-10-33(14-16)23-19(25)13-18(21(28)35)22(31-23)30-15-3-5-17(6-4-15)32-11-8-24(26,27)9-12-32/h2-6,13,16H,1,7-12,14H2,(H2,28,35)(H,29,34)(H,30,31). The van der Waals surface area contributed by atoms with Gasteiger partial charge < -0.3 is 26.2 Å². The molecular weight excluding hydrogens is 461 g/mol. The fourth-order valence-corrected chi connectivity index (χ4v) is 4.30. The topological polar surface area (TPSA) is 104 Å². The van der Waals surface area contributed by atoms with E-state index in [1.54, 1.807) is 29.2 Å². The van der Waals surface area contributed by atoms with Crippen LogP contribution in [0.3, 0.4) is 0 Å². The Kier molecular flexibility index (Phi) is 6.86. The van der Waals surface area contributed by atoms with Crippen LogP contribution in [0.25, 0.3) is 0 Å². The van der Waals surface area contributed by atoms with Gasteiger partial charge in [-0.05, 0) is 42.8 Å². The van der Waals surface area contributed by atoms with Crippen molar-refractivity contribution in [1.29, 1.82) is 0 Å². The molecule has 4 rings (SSSR count). The van der Waals surface area contributed by atoms with Gasteiger partial charge in [-0.2, -0.15) is 0 Å². The molecule has 2 amide bonds. The van der Waals surface area contributed by atoms with Crippen LogP contribution < -0.4 is 26.2 Å². The summed E-state index contributed by atoms with van der Waals surface area (Å²) in [4.78, 5) is 31.4. The van der Waals surface area contributed by atoms with Crippen LogP contribution in [0, 0.1) is 5.82 Å². The highest BCUT2D eigenvalue weighted by Gasteiger charge is 2.34. The van der Waals surface area contributed by atoms with E-state index < -0.39 is 17.6 Å². The number of carbonyl (C=O) groups is 2. The van der Waals surface area contributed by atoms with Crippen molar-refractivity contribution in [2.45, 2.75) is 31.2 Å². The lowest BCUT2D eigenvalue weighted by Gasteiger charge is -2.33. The Hall–Kier alpha value is -3.76. The Labute approximate surface area is 201 Å². The number of nitrogens with two attached hydrogens (primary N) is 1. The molecule has 0 radical (unpaired) electrons. The molecule has 1 aromatic heterocycles. The minimum atomic E-state index is -2.62. The Morgan fingerprint density at radius 1 is 1.14 bits per heavy atom. The summed E-state index contributed by atoms with van der Waals surface area (Å²) in [6, 6.07) is 7.89. The van der Waals surface area contributed by atoms with Gasteiger partial charge in [0.25, 0.3) is 11.8 Å². The van der Waals surface area contributed by atoms with Gasteiger partial charge in [-0.15, -0.1) is 0 Å². The van der Waals surface area contributed by atoms with Crippen LogP contribution in [0.2, 0.25) is 0 Å². The zero-order valence-electron chi connectivity index (χ0n) is 19.1. The summed E-state index contributed by atoms with van der Waals surface area (Å²) in [5, 5.41) is 5.80. The van der Waals surface area contributed by atoms with E-state index in [2.05, 4.69) is 22.2 Å². The molecule has 1 atom stereocenters. The third kappa shape index (κ3) is 5.67. The van der Waals surface area contributed by atoms with Crippen molar-refractivity contribution in [3.63, 3.8) is 0 Å². The SMILES string of the molecule is C=CC(=O)NC1CCN(c2nc(Nc3ccc(N4CCC(F)(F)CC4)cc3)c(C(N)=O)cc2F)C1. The molecule has 0 spiro atoms. The normalized spacial score (nSPS) is 19.3. The molecule has 0 bridgehead atoms. The number of benzene rings is 1. The number of amides is 2. The number of hydrogen-bond acceptors (Lipinski definition) is 6. The molecule has 186 valence electrons. The number of hydrogen-bond donors (Lipinski definition) is 3. The van der Waals surface area contributed by atoms with Gasteiger partial charge in [0.05, 0.1) is 5.56 Å². The summed E-state index contributed by atoms with van der Waals surface area (Å²) in [6.07, 6.45) is 1.40. The van der Waals surface area contributed by atoms with Gasteiger partial charge in [0.1, 0.15) is 5.82 Å². The first-order valence-corrected chi connectivity index (χ1v) is 11.3. The van der Waals surface area contributed by atoms with E-state index in [0.29, 0.717) is 25.2 Å². The molecule has 4 N–H and O–H groups in total. The van der Waals surface area contributed by atoms with Gasteiger partial charge in [-0.3, -0.25) is 9.59 Å². The minimum Gasteiger partial charge on any atom is -0.371 e. The molecule has 2 fully saturated rings. The Morgan fingerprint density at radius 2 is 1.83 bits per heavy atom. The third-order valence-electron chi connectivity index (χ3n) is 6.23. The van der Waals surface area contributed by atoms with E-state index in [-0.39, 0.29) is 55.1 Å². The van der Waals surface area contributed by atoms with E-state index in [1.165, 1.54) is 6.08 Å². The first kappa shape index (κ1) is 24.4. The van der Waals surface area contributed by atoms with Crippen molar-refractivity contribution >= 4 is 34.8 Å². The van der Waals surface area contributed by atoms with Crippen LogP contribution >= 0.6 is 0 Å². The number of aromatic nitrogens is 1. The molecule has 2 aliphatic heterocycles. The molecule has 0 aliphatic carbocycles. The van der Waals surface area contributed by atoms with E-state index in [0.717, 1.165) is 11.8 Å². The molecular formula is C24H27F3N6O2. The Bertz CT molecular complexity index is 1110. The van der Waals surface area contributed by atoms with Crippen LogP contribution in [0.5, 0.6) is 0 Å². The second-order valence-electron chi connectivity index (χ2n) is 8.71. The number of alkyl halides is 2. The fraction of sp³-hybridized carbons (Fsp3) is 0.375. The lowest BCUT2D eigenvalue weighted by molar-refractivity contribution is -0.117. The summed E-state index contributed by atoms with van der Waals surface area (Å²) in [6.45, 7) is 4.76. The lowest BCUT2D eigenvalue weighted by atomic mass is 10.1. The molecule has 2 saturated heterocycles. The van der Waals surface area contributed by atoms with Gasteiger partial charge in [0, 0.05) is 56.4 Å². The highest BCUT2D eigenvalue weighted by molar-refractivity contribution is 5.98. The van der Waals surface area contributed by atoms with E-state index in [1.807, 2.05) is 4.90 Å². The third-order valence-corrected chi connectivity index (χ3v) is 6.23. The quantitative estimate of drug-likeness (QED) is 0.518. The first-order chi connectivity index (χ1) is 16.6. The Balaban J connectivity index is 1.51. The van der Waals surface area contributed by atoms with Crippen LogP contribution in [0.1, 0.15) is 29.6 Å². The maximum Gasteiger partial charge on any atom is 0.252 e. The smallest absolute Gasteiger partial charge is 0.252 e. The minimum absolute atomic E-state index is 0.0405. The lowest BCUT2D eigenvalue weighted by Crippen LogP contribution is -2.39. The number of nitrogens with one attached hydrogen (secondary N) is 2. The van der Waals surface area contributed by atoms with Gasteiger partial charge in [0.2, 0.25) is 5.91 Å². The largest absolute Gasteiger partial charge is 0.371 e. The van der Waals surface area contributed by atoms with Crippen LogP contribution in [0.4, 0.5) is 36.2 Å². The summed E-state index contributed by atoms with van der Waals surface area (Å²) in [7, 11) is 0. The fourth-order valence-electron chi connectivity index (χ4n) is 4.30. The zero-order chi connectivity index (χ0) is 25.2. The van der Waals surface area contributed by atoms with Crippen LogP contribution in [-0.2, 0) is 4.79 Å². The predicted molar refractivity (Wildman–Crippen MR) is 128 cm³/mol. The highest BCUT2D eigenvalue weighted by atomic mass is 19.3.